The normalized spacial score (nSPS) is 15.1. The van der Waals surface area contributed by atoms with Gasteiger partial charge in [0, 0.05) is 49.4 Å². The minimum atomic E-state index is -3.61. The predicted molar refractivity (Wildman–Crippen MR) is 113 cm³/mol. The van der Waals surface area contributed by atoms with Crippen molar-refractivity contribution in [3.8, 4) is 5.82 Å². The molecule has 4 rings (SSSR count). The molecule has 0 bridgehead atoms. The van der Waals surface area contributed by atoms with E-state index in [1.165, 1.54) is 16.9 Å². The predicted octanol–water partition coefficient (Wildman–Crippen LogP) is 2.50. The molecule has 1 saturated carbocycles. The first-order valence-electron chi connectivity index (χ1n) is 10.2. The van der Waals surface area contributed by atoms with Gasteiger partial charge in [-0.15, -0.1) is 0 Å². The summed E-state index contributed by atoms with van der Waals surface area (Å²) in [6.07, 6.45) is 10.7. The van der Waals surface area contributed by atoms with Crippen molar-refractivity contribution in [1.82, 2.24) is 24.1 Å². The van der Waals surface area contributed by atoms with Gasteiger partial charge in [0.1, 0.15) is 4.90 Å². The Morgan fingerprint density at radius 3 is 2.53 bits per heavy atom. The van der Waals surface area contributed by atoms with E-state index in [0.717, 1.165) is 31.2 Å². The van der Waals surface area contributed by atoms with Gasteiger partial charge >= 0.3 is 0 Å². The Kier molecular flexibility index (Phi) is 5.83. The molecule has 3 aromatic rings. The van der Waals surface area contributed by atoms with Gasteiger partial charge in [0.05, 0.1) is 0 Å². The van der Waals surface area contributed by atoms with Crippen molar-refractivity contribution < 1.29 is 8.42 Å². The van der Waals surface area contributed by atoms with Crippen LogP contribution >= 0.6 is 0 Å². The van der Waals surface area contributed by atoms with Crippen LogP contribution in [0.25, 0.3) is 5.82 Å². The zero-order valence-electron chi connectivity index (χ0n) is 16.9. The van der Waals surface area contributed by atoms with Crippen LogP contribution in [0.1, 0.15) is 43.7 Å². The molecule has 0 radical (unpaired) electrons. The average Bonchev–Trinajstić information content (AvgIpc) is 3.40. The first kappa shape index (κ1) is 20.5. The fraction of sp³-hybridized carbons (Fsp3) is 0.381. The van der Waals surface area contributed by atoms with Crippen LogP contribution in [-0.2, 0) is 16.4 Å². The Morgan fingerprint density at radius 1 is 1.17 bits per heavy atom. The first-order chi connectivity index (χ1) is 14.5. The van der Waals surface area contributed by atoms with Crippen LogP contribution in [0.4, 0.5) is 0 Å². The number of hydrogen-bond donors (Lipinski definition) is 1. The van der Waals surface area contributed by atoms with Gasteiger partial charge in [-0.1, -0.05) is 19.8 Å². The first-order valence-corrected chi connectivity index (χ1v) is 11.6. The van der Waals surface area contributed by atoms with E-state index >= 15 is 0 Å². The Labute approximate surface area is 175 Å². The van der Waals surface area contributed by atoms with Crippen LogP contribution < -0.4 is 5.56 Å². The highest BCUT2D eigenvalue weighted by atomic mass is 32.2. The number of pyridine rings is 2. The molecule has 3 aromatic heterocycles. The maximum atomic E-state index is 13.1. The third-order valence-corrected chi connectivity index (χ3v) is 7.60. The lowest BCUT2D eigenvalue weighted by atomic mass is 10.1. The van der Waals surface area contributed by atoms with Crippen molar-refractivity contribution in [3.05, 3.63) is 70.5 Å². The summed E-state index contributed by atoms with van der Waals surface area (Å²) in [5.41, 5.74) is 1.36. The topological polar surface area (TPSA) is 101 Å². The summed E-state index contributed by atoms with van der Waals surface area (Å²) in [5.74, 6) is 0.351. The molecule has 0 unspecified atom stereocenters. The molecule has 30 heavy (non-hydrogen) atoms. The smallest absolute Gasteiger partial charge is 0.276 e. The standard InChI is InChI=1S/C21H25N5O3S/c1-2-25(18-5-3-4-6-18)30(28,29)19-7-8-20(23-15-19)26-21(27)17(14-24-26)13-16-9-11-22-12-10-16/h7-12,14-15,18,24H,2-6,13H2,1H3. The third kappa shape index (κ3) is 3.95. The summed E-state index contributed by atoms with van der Waals surface area (Å²) in [7, 11) is -3.61. The summed E-state index contributed by atoms with van der Waals surface area (Å²) in [6, 6.07) is 6.85. The number of hydrogen-bond acceptors (Lipinski definition) is 5. The number of aromatic nitrogens is 4. The largest absolute Gasteiger partial charge is 0.296 e. The molecule has 158 valence electrons. The van der Waals surface area contributed by atoms with E-state index < -0.39 is 10.0 Å². The average molecular weight is 428 g/mol. The molecule has 1 aliphatic carbocycles. The molecule has 0 saturated heterocycles. The van der Waals surface area contributed by atoms with Gasteiger partial charge in [0.15, 0.2) is 5.82 Å². The highest BCUT2D eigenvalue weighted by Crippen LogP contribution is 2.28. The third-order valence-electron chi connectivity index (χ3n) is 5.59. The van der Waals surface area contributed by atoms with Gasteiger partial charge in [0.25, 0.3) is 5.56 Å². The van der Waals surface area contributed by atoms with E-state index in [2.05, 4.69) is 15.1 Å². The molecular formula is C21H25N5O3S. The summed E-state index contributed by atoms with van der Waals surface area (Å²) in [4.78, 5) is 21.1. The molecule has 0 aliphatic heterocycles. The molecule has 3 heterocycles. The Hall–Kier alpha value is -2.78. The molecule has 0 aromatic carbocycles. The lowest BCUT2D eigenvalue weighted by molar-refractivity contribution is 0.335. The zero-order valence-corrected chi connectivity index (χ0v) is 17.7. The summed E-state index contributed by atoms with van der Waals surface area (Å²) >= 11 is 0. The van der Waals surface area contributed by atoms with Crippen molar-refractivity contribution in [1.29, 1.82) is 0 Å². The number of H-pyrrole nitrogens is 1. The SMILES string of the molecule is CCN(C1CCCC1)S(=O)(=O)c1ccc(-n2[nH]cc(Cc3ccncc3)c2=O)nc1. The van der Waals surface area contributed by atoms with E-state index in [9.17, 15) is 13.2 Å². The fourth-order valence-electron chi connectivity index (χ4n) is 4.03. The quantitative estimate of drug-likeness (QED) is 0.624. The second-order valence-electron chi connectivity index (χ2n) is 7.47. The molecule has 0 amide bonds. The molecule has 1 fully saturated rings. The molecular weight excluding hydrogens is 402 g/mol. The summed E-state index contributed by atoms with van der Waals surface area (Å²) < 4.78 is 29.0. The molecule has 1 aliphatic rings. The number of sulfonamides is 1. The highest BCUT2D eigenvalue weighted by molar-refractivity contribution is 7.89. The molecule has 1 N–H and O–H groups in total. The maximum Gasteiger partial charge on any atom is 0.276 e. The second kappa shape index (κ2) is 8.53. The van der Waals surface area contributed by atoms with E-state index in [4.69, 9.17) is 0 Å². The van der Waals surface area contributed by atoms with Crippen LogP contribution in [0, 0.1) is 0 Å². The molecule has 9 heteroatoms. The monoisotopic (exact) mass is 427 g/mol. The van der Waals surface area contributed by atoms with Crippen molar-refractivity contribution in [3.63, 3.8) is 0 Å². The lowest BCUT2D eigenvalue weighted by Crippen LogP contribution is -2.38. The summed E-state index contributed by atoms with van der Waals surface area (Å²) in [5, 5.41) is 2.91. The minimum absolute atomic E-state index is 0.0569. The van der Waals surface area contributed by atoms with E-state index in [1.807, 2.05) is 19.1 Å². The maximum absolute atomic E-state index is 13.1. The number of aromatic amines is 1. The van der Waals surface area contributed by atoms with Crippen LogP contribution in [-0.4, -0.2) is 45.1 Å². The van der Waals surface area contributed by atoms with Gasteiger partial charge in [-0.2, -0.15) is 4.31 Å². The van der Waals surface area contributed by atoms with Crippen LogP contribution in [0.2, 0.25) is 0 Å². The Bertz CT molecular complexity index is 1150. The van der Waals surface area contributed by atoms with Gasteiger partial charge in [-0.05, 0) is 42.7 Å². The zero-order chi connectivity index (χ0) is 21.1. The van der Waals surface area contributed by atoms with Crippen molar-refractivity contribution in [2.45, 2.75) is 50.0 Å². The van der Waals surface area contributed by atoms with E-state index in [1.54, 1.807) is 29.0 Å². The Morgan fingerprint density at radius 2 is 1.90 bits per heavy atom. The highest BCUT2D eigenvalue weighted by Gasteiger charge is 2.32. The molecule has 0 spiro atoms. The second-order valence-corrected chi connectivity index (χ2v) is 9.36. The van der Waals surface area contributed by atoms with Gasteiger partial charge in [0.2, 0.25) is 10.0 Å². The van der Waals surface area contributed by atoms with Crippen LogP contribution in [0.15, 0.2) is 58.7 Å². The van der Waals surface area contributed by atoms with Crippen molar-refractivity contribution >= 4 is 10.0 Å². The van der Waals surface area contributed by atoms with Gasteiger partial charge in [-0.25, -0.2) is 18.1 Å². The van der Waals surface area contributed by atoms with E-state index in [0.29, 0.717) is 24.3 Å². The Balaban J connectivity index is 1.57. The lowest BCUT2D eigenvalue weighted by Gasteiger charge is -2.26. The minimum Gasteiger partial charge on any atom is -0.296 e. The van der Waals surface area contributed by atoms with Crippen molar-refractivity contribution in [2.75, 3.05) is 6.54 Å². The van der Waals surface area contributed by atoms with Crippen molar-refractivity contribution in [2.24, 2.45) is 0 Å². The fourth-order valence-corrected chi connectivity index (χ4v) is 5.67. The van der Waals surface area contributed by atoms with Gasteiger partial charge < -0.3 is 0 Å². The summed E-state index contributed by atoms with van der Waals surface area (Å²) in [6.45, 7) is 2.30. The number of nitrogens with one attached hydrogen (secondary N) is 1. The number of rotatable bonds is 7. The van der Waals surface area contributed by atoms with E-state index in [-0.39, 0.29) is 16.5 Å². The molecule has 0 atom stereocenters. The molecule has 8 nitrogen and oxygen atoms in total. The van der Waals surface area contributed by atoms with Crippen LogP contribution in [0.3, 0.4) is 0 Å². The number of nitrogens with zero attached hydrogens (tertiary/aromatic N) is 4. The van der Waals surface area contributed by atoms with Crippen LogP contribution in [0.5, 0.6) is 0 Å². The van der Waals surface area contributed by atoms with Gasteiger partial charge in [-0.3, -0.25) is 14.9 Å².